The normalized spacial score (nSPS) is 11.1. The van der Waals surface area contributed by atoms with Gasteiger partial charge in [-0.2, -0.15) is 0 Å². The van der Waals surface area contributed by atoms with Gasteiger partial charge in [0.15, 0.2) is 0 Å². The lowest BCUT2D eigenvalue weighted by molar-refractivity contribution is 0.124. The first-order valence-electron chi connectivity index (χ1n) is 4.04. The summed E-state index contributed by atoms with van der Waals surface area (Å²) in [6.45, 7) is 0.380. The van der Waals surface area contributed by atoms with E-state index in [1.165, 1.54) is 21.3 Å². The Hall–Kier alpha value is -0.673. The summed E-state index contributed by atoms with van der Waals surface area (Å²) in [6.07, 6.45) is 0. The van der Waals surface area contributed by atoms with E-state index in [4.69, 9.17) is 19.1 Å². The SMILES string of the molecule is CO[Si](CCNC(=O)NN)(OC)OC. The number of nitrogens with two attached hydrogens (primary N) is 1. The third-order valence-electron chi connectivity index (χ3n) is 1.78. The number of nitrogens with one attached hydrogen (secondary N) is 2. The Morgan fingerprint density at radius 2 is 1.79 bits per heavy atom. The number of carbonyl (C=O) groups is 1. The van der Waals surface area contributed by atoms with Gasteiger partial charge in [0.2, 0.25) is 0 Å². The van der Waals surface area contributed by atoms with Crippen LogP contribution in [0.5, 0.6) is 0 Å². The van der Waals surface area contributed by atoms with E-state index in [1.807, 2.05) is 5.43 Å². The van der Waals surface area contributed by atoms with E-state index in [-0.39, 0.29) is 0 Å². The molecule has 0 aliphatic rings. The van der Waals surface area contributed by atoms with E-state index in [9.17, 15) is 4.79 Å². The largest absolute Gasteiger partial charge is 0.501 e. The Labute approximate surface area is 84.2 Å². The molecule has 0 aromatic carbocycles. The molecule has 7 nitrogen and oxygen atoms in total. The van der Waals surface area contributed by atoms with Gasteiger partial charge in [0.25, 0.3) is 0 Å². The van der Waals surface area contributed by atoms with Crippen LogP contribution in [0, 0.1) is 0 Å². The molecule has 0 radical (unpaired) electrons. The maximum Gasteiger partial charge on any atom is 0.501 e. The molecule has 84 valence electrons. The van der Waals surface area contributed by atoms with E-state index in [1.54, 1.807) is 0 Å². The molecule has 0 rings (SSSR count). The number of urea groups is 1. The number of rotatable bonds is 6. The van der Waals surface area contributed by atoms with Crippen molar-refractivity contribution in [2.45, 2.75) is 6.04 Å². The molecule has 0 aromatic rings. The van der Waals surface area contributed by atoms with Crippen LogP contribution in [0.25, 0.3) is 0 Å². The second kappa shape index (κ2) is 6.73. The highest BCUT2D eigenvalue weighted by Gasteiger charge is 2.37. The molecule has 0 aliphatic carbocycles. The average molecular weight is 223 g/mol. The molecule has 8 heteroatoms. The summed E-state index contributed by atoms with van der Waals surface area (Å²) in [7, 11) is 1.97. The quantitative estimate of drug-likeness (QED) is 0.233. The molecule has 0 saturated carbocycles. The van der Waals surface area contributed by atoms with Crippen LogP contribution in [-0.2, 0) is 13.3 Å². The third-order valence-corrected chi connectivity index (χ3v) is 4.51. The molecule has 0 unspecified atom stereocenters. The Balaban J connectivity index is 3.88. The fraction of sp³-hybridized carbons (Fsp3) is 0.833. The van der Waals surface area contributed by atoms with Crippen molar-refractivity contribution < 1.29 is 18.1 Å². The standard InChI is InChI=1S/C6H17N3O4Si/c1-11-14(12-2,13-3)5-4-8-6(10)9-7/h4-5,7H2,1-3H3,(H2,8,9,10). The van der Waals surface area contributed by atoms with Crippen LogP contribution in [0.2, 0.25) is 6.04 Å². The van der Waals surface area contributed by atoms with Crippen LogP contribution in [0.4, 0.5) is 4.79 Å². The van der Waals surface area contributed by atoms with Crippen LogP contribution < -0.4 is 16.6 Å². The van der Waals surface area contributed by atoms with Crippen molar-refractivity contribution in [3.05, 3.63) is 0 Å². The van der Waals surface area contributed by atoms with Crippen molar-refractivity contribution in [3.63, 3.8) is 0 Å². The second-order valence-electron chi connectivity index (χ2n) is 2.45. The molecule has 2 amide bonds. The van der Waals surface area contributed by atoms with Crippen molar-refractivity contribution in [1.29, 1.82) is 0 Å². The van der Waals surface area contributed by atoms with Gasteiger partial charge in [-0.3, -0.25) is 5.43 Å². The van der Waals surface area contributed by atoms with E-state index in [0.29, 0.717) is 12.6 Å². The highest BCUT2D eigenvalue weighted by atomic mass is 28.4. The number of carbonyl (C=O) groups excluding carboxylic acids is 1. The van der Waals surface area contributed by atoms with Gasteiger partial charge >= 0.3 is 14.8 Å². The molecule has 4 N–H and O–H groups in total. The molecule has 0 aliphatic heterocycles. The van der Waals surface area contributed by atoms with Gasteiger partial charge in [0.1, 0.15) is 0 Å². The maximum atomic E-state index is 10.7. The lowest BCUT2D eigenvalue weighted by Gasteiger charge is -2.24. The molecule has 0 atom stereocenters. The monoisotopic (exact) mass is 223 g/mol. The Morgan fingerprint density at radius 1 is 1.29 bits per heavy atom. The van der Waals surface area contributed by atoms with Crippen molar-refractivity contribution in [2.75, 3.05) is 27.9 Å². The molecule has 0 aromatic heterocycles. The van der Waals surface area contributed by atoms with Crippen molar-refractivity contribution in [3.8, 4) is 0 Å². The molecule has 0 fully saturated rings. The van der Waals surface area contributed by atoms with Gasteiger partial charge in [-0.25, -0.2) is 10.6 Å². The number of hydrogen-bond acceptors (Lipinski definition) is 5. The topological polar surface area (TPSA) is 94.8 Å². The number of hydrazine groups is 1. The first kappa shape index (κ1) is 13.3. The fourth-order valence-corrected chi connectivity index (χ4v) is 2.48. The number of amides is 2. The molecule has 0 heterocycles. The first-order valence-corrected chi connectivity index (χ1v) is 5.97. The Morgan fingerprint density at radius 3 is 2.14 bits per heavy atom. The molecule has 0 bridgehead atoms. The molecule has 14 heavy (non-hydrogen) atoms. The summed E-state index contributed by atoms with van der Waals surface area (Å²) < 4.78 is 15.4. The van der Waals surface area contributed by atoms with Gasteiger partial charge in [0, 0.05) is 33.9 Å². The van der Waals surface area contributed by atoms with Crippen LogP contribution in [0.1, 0.15) is 0 Å². The highest BCUT2D eigenvalue weighted by Crippen LogP contribution is 2.10. The highest BCUT2D eigenvalue weighted by molar-refractivity contribution is 6.60. The van der Waals surface area contributed by atoms with Crippen molar-refractivity contribution >= 4 is 14.8 Å². The predicted octanol–water partition coefficient (Wildman–Crippen LogP) is -0.963. The molecule has 0 spiro atoms. The zero-order valence-corrected chi connectivity index (χ0v) is 9.62. The summed E-state index contributed by atoms with van der Waals surface area (Å²) in [5.74, 6) is 4.87. The lowest BCUT2D eigenvalue weighted by Crippen LogP contribution is -2.47. The summed E-state index contributed by atoms with van der Waals surface area (Å²) in [5, 5.41) is 2.51. The minimum Gasteiger partial charge on any atom is -0.377 e. The summed E-state index contributed by atoms with van der Waals surface area (Å²) in [5.41, 5.74) is 1.95. The average Bonchev–Trinajstić information content (AvgIpc) is 2.25. The van der Waals surface area contributed by atoms with E-state index in [0.717, 1.165) is 0 Å². The zero-order chi connectivity index (χ0) is 11.0. The fourth-order valence-electron chi connectivity index (χ4n) is 0.936. The van der Waals surface area contributed by atoms with Gasteiger partial charge in [0.05, 0.1) is 0 Å². The summed E-state index contributed by atoms with van der Waals surface area (Å²) in [6, 6.07) is 0.0420. The lowest BCUT2D eigenvalue weighted by atomic mass is 10.7. The van der Waals surface area contributed by atoms with Crippen molar-refractivity contribution in [1.82, 2.24) is 10.7 Å². The van der Waals surface area contributed by atoms with E-state index < -0.39 is 14.8 Å². The van der Waals surface area contributed by atoms with E-state index >= 15 is 0 Å². The van der Waals surface area contributed by atoms with Crippen LogP contribution in [-0.4, -0.2) is 42.7 Å². The van der Waals surface area contributed by atoms with Gasteiger partial charge in [-0.1, -0.05) is 0 Å². The summed E-state index contributed by atoms with van der Waals surface area (Å²) >= 11 is 0. The third kappa shape index (κ3) is 4.02. The van der Waals surface area contributed by atoms with Crippen LogP contribution in [0.3, 0.4) is 0 Å². The smallest absolute Gasteiger partial charge is 0.377 e. The van der Waals surface area contributed by atoms with E-state index in [2.05, 4.69) is 5.32 Å². The zero-order valence-electron chi connectivity index (χ0n) is 8.62. The van der Waals surface area contributed by atoms with Crippen LogP contribution in [0.15, 0.2) is 0 Å². The molecular weight excluding hydrogens is 206 g/mol. The minimum absolute atomic E-state index is 0.380. The number of hydrogen-bond donors (Lipinski definition) is 3. The maximum absolute atomic E-state index is 10.7. The predicted molar refractivity (Wildman–Crippen MR) is 52.3 cm³/mol. The van der Waals surface area contributed by atoms with Gasteiger partial charge < -0.3 is 18.6 Å². The Kier molecular flexibility index (Phi) is 6.41. The van der Waals surface area contributed by atoms with Crippen molar-refractivity contribution in [2.24, 2.45) is 5.84 Å². The first-order chi connectivity index (χ1) is 6.64. The van der Waals surface area contributed by atoms with Crippen LogP contribution >= 0.6 is 0 Å². The molecular formula is C6H17N3O4Si. The minimum atomic E-state index is -2.58. The summed E-state index contributed by atoms with van der Waals surface area (Å²) in [4.78, 5) is 10.7. The van der Waals surface area contributed by atoms with Gasteiger partial charge in [-0.15, -0.1) is 0 Å². The Bertz CT molecular complexity index is 168. The molecule has 0 saturated heterocycles. The second-order valence-corrected chi connectivity index (χ2v) is 5.54. The van der Waals surface area contributed by atoms with Gasteiger partial charge in [-0.05, 0) is 0 Å².